The predicted molar refractivity (Wildman–Crippen MR) is 108 cm³/mol. The van der Waals surface area contributed by atoms with Crippen LogP contribution in [-0.2, 0) is 10.0 Å². The van der Waals surface area contributed by atoms with E-state index in [0.29, 0.717) is 5.02 Å². The molecule has 2 unspecified atom stereocenters. The van der Waals surface area contributed by atoms with Crippen molar-refractivity contribution in [3.63, 3.8) is 0 Å². The molecule has 1 aromatic heterocycles. The Hall–Kier alpha value is -2.07. The van der Waals surface area contributed by atoms with Gasteiger partial charge in [-0.1, -0.05) is 41.4 Å². The maximum atomic E-state index is 13.8. The van der Waals surface area contributed by atoms with Gasteiger partial charge in [-0.25, -0.2) is 12.8 Å². The zero-order valence-electron chi connectivity index (χ0n) is 15.7. The third kappa shape index (κ3) is 4.42. The first-order chi connectivity index (χ1) is 13.6. The SMILES string of the molecule is Cc1ccc(Cl)c(C(C)C(NS(=O)(=O)c2ccc(Cl)c(F)c2)c2nn[nH]n2)c1C. The Bertz CT molecular complexity index is 1140. The Morgan fingerprint density at radius 3 is 2.45 bits per heavy atom. The van der Waals surface area contributed by atoms with E-state index in [2.05, 4.69) is 25.3 Å². The van der Waals surface area contributed by atoms with Crippen LogP contribution in [0.25, 0.3) is 0 Å². The number of halogens is 3. The van der Waals surface area contributed by atoms with E-state index in [-0.39, 0.29) is 15.7 Å². The number of rotatable bonds is 6. The van der Waals surface area contributed by atoms with Crippen molar-refractivity contribution in [1.82, 2.24) is 25.3 Å². The topological polar surface area (TPSA) is 101 Å². The first kappa shape index (κ1) is 21.6. The van der Waals surface area contributed by atoms with Gasteiger partial charge in [0.2, 0.25) is 10.0 Å². The minimum absolute atomic E-state index is 0.132. The largest absolute Gasteiger partial charge is 0.241 e. The number of benzene rings is 2. The molecule has 11 heteroatoms. The van der Waals surface area contributed by atoms with Gasteiger partial charge in [-0.3, -0.25) is 0 Å². The van der Waals surface area contributed by atoms with Gasteiger partial charge < -0.3 is 0 Å². The molecule has 0 aliphatic heterocycles. The van der Waals surface area contributed by atoms with Gasteiger partial charge in [0, 0.05) is 10.9 Å². The summed E-state index contributed by atoms with van der Waals surface area (Å²) in [5.41, 5.74) is 2.69. The van der Waals surface area contributed by atoms with Crippen molar-refractivity contribution in [3.05, 3.63) is 68.7 Å². The monoisotopic (exact) mass is 457 g/mol. The highest BCUT2D eigenvalue weighted by molar-refractivity contribution is 7.89. The minimum atomic E-state index is -4.13. The molecule has 0 aliphatic carbocycles. The minimum Gasteiger partial charge on any atom is -0.207 e. The average molecular weight is 458 g/mol. The van der Waals surface area contributed by atoms with Gasteiger partial charge in [-0.15, -0.1) is 10.2 Å². The lowest BCUT2D eigenvalue weighted by atomic mass is 9.88. The lowest BCUT2D eigenvalue weighted by Gasteiger charge is -2.25. The molecule has 0 bridgehead atoms. The molecule has 0 aliphatic rings. The van der Waals surface area contributed by atoms with Gasteiger partial charge in [0.15, 0.2) is 5.82 Å². The van der Waals surface area contributed by atoms with Crippen molar-refractivity contribution < 1.29 is 12.8 Å². The summed E-state index contributed by atoms with van der Waals surface area (Å²) in [7, 11) is -4.13. The van der Waals surface area contributed by atoms with Gasteiger partial charge in [0.05, 0.1) is 16.0 Å². The normalized spacial score (nSPS) is 14.0. The van der Waals surface area contributed by atoms with Gasteiger partial charge >= 0.3 is 0 Å². The second-order valence-corrected chi connectivity index (χ2v) is 9.16. The maximum Gasteiger partial charge on any atom is 0.241 e. The highest BCUT2D eigenvalue weighted by Crippen LogP contribution is 2.37. The van der Waals surface area contributed by atoms with E-state index in [1.807, 2.05) is 19.9 Å². The summed E-state index contributed by atoms with van der Waals surface area (Å²) in [6.45, 7) is 5.65. The molecule has 3 rings (SSSR count). The number of hydrogen-bond donors (Lipinski definition) is 2. The highest BCUT2D eigenvalue weighted by atomic mass is 35.5. The number of aryl methyl sites for hydroxylation is 1. The van der Waals surface area contributed by atoms with Gasteiger partial charge in [-0.05, 0) is 54.8 Å². The van der Waals surface area contributed by atoms with Crippen LogP contribution in [-0.4, -0.2) is 29.0 Å². The summed E-state index contributed by atoms with van der Waals surface area (Å²) in [5, 5.41) is 14.1. The molecule has 2 atom stereocenters. The van der Waals surface area contributed by atoms with E-state index in [4.69, 9.17) is 23.2 Å². The van der Waals surface area contributed by atoms with Gasteiger partial charge in [0.25, 0.3) is 0 Å². The number of aromatic nitrogens is 4. The molecule has 29 heavy (non-hydrogen) atoms. The Morgan fingerprint density at radius 1 is 1.14 bits per heavy atom. The zero-order valence-corrected chi connectivity index (χ0v) is 18.1. The molecule has 3 aromatic rings. The molecule has 0 spiro atoms. The van der Waals surface area contributed by atoms with Crippen LogP contribution in [0, 0.1) is 19.7 Å². The van der Waals surface area contributed by atoms with Crippen molar-refractivity contribution in [1.29, 1.82) is 0 Å². The van der Waals surface area contributed by atoms with Crippen LogP contribution in [0.2, 0.25) is 10.0 Å². The lowest BCUT2D eigenvalue weighted by molar-refractivity contribution is 0.495. The first-order valence-corrected chi connectivity index (χ1v) is 10.8. The molecule has 0 amide bonds. The van der Waals surface area contributed by atoms with Gasteiger partial charge in [-0.2, -0.15) is 9.94 Å². The number of nitrogens with one attached hydrogen (secondary N) is 2. The van der Waals surface area contributed by atoms with E-state index in [0.717, 1.165) is 22.8 Å². The summed E-state index contributed by atoms with van der Waals surface area (Å²) in [4.78, 5) is -0.271. The number of tetrazole rings is 1. The molecule has 7 nitrogen and oxygen atoms in total. The molecule has 0 saturated carbocycles. The molecular formula is C18H18Cl2FN5O2S. The van der Waals surface area contributed by atoms with E-state index < -0.39 is 27.8 Å². The van der Waals surface area contributed by atoms with Crippen LogP contribution in [0.3, 0.4) is 0 Å². The van der Waals surface area contributed by atoms with Crippen molar-refractivity contribution in [2.45, 2.75) is 37.6 Å². The van der Waals surface area contributed by atoms with Crippen LogP contribution in [0.4, 0.5) is 4.39 Å². The second-order valence-electron chi connectivity index (χ2n) is 6.64. The standard InChI is InChI=1S/C18H18Cl2FN5O2S/c1-9-4-6-14(20)16(10(9)2)11(3)17(18-22-25-26-23-18)24-29(27,28)12-5-7-13(19)15(21)8-12/h4-8,11,17,24H,1-3H3,(H,22,23,25,26). The smallest absolute Gasteiger partial charge is 0.207 e. The predicted octanol–water partition coefficient (Wildman–Crippen LogP) is 4.09. The number of hydrogen-bond acceptors (Lipinski definition) is 5. The second kappa shape index (κ2) is 8.35. The third-order valence-corrected chi connectivity index (χ3v) is 6.89. The molecule has 154 valence electrons. The van der Waals surface area contributed by atoms with Crippen LogP contribution in [0.1, 0.15) is 41.4 Å². The molecule has 0 saturated heterocycles. The van der Waals surface area contributed by atoms with E-state index in [9.17, 15) is 12.8 Å². The van der Waals surface area contributed by atoms with Crippen LogP contribution < -0.4 is 4.72 Å². The quantitative estimate of drug-likeness (QED) is 0.580. The molecule has 1 heterocycles. The number of sulfonamides is 1. The maximum absolute atomic E-state index is 13.8. The Labute approximate surface area is 177 Å². The van der Waals surface area contributed by atoms with E-state index in [1.165, 1.54) is 12.1 Å². The van der Waals surface area contributed by atoms with Crippen LogP contribution in [0.15, 0.2) is 35.2 Å². The van der Waals surface area contributed by atoms with Crippen molar-refractivity contribution in [3.8, 4) is 0 Å². The molecule has 2 N–H and O–H groups in total. The van der Waals surface area contributed by atoms with E-state index in [1.54, 1.807) is 13.0 Å². The van der Waals surface area contributed by atoms with E-state index >= 15 is 0 Å². The van der Waals surface area contributed by atoms with Crippen molar-refractivity contribution in [2.75, 3.05) is 0 Å². The molecule has 0 fully saturated rings. The summed E-state index contributed by atoms with van der Waals surface area (Å²) < 4.78 is 42.2. The third-order valence-electron chi connectivity index (χ3n) is 4.81. The number of H-pyrrole nitrogens is 1. The van der Waals surface area contributed by atoms with Crippen molar-refractivity contribution >= 4 is 33.2 Å². The number of nitrogens with zero attached hydrogens (tertiary/aromatic N) is 3. The Kier molecular flexibility index (Phi) is 6.23. The number of aromatic amines is 1. The average Bonchev–Trinajstić information content (AvgIpc) is 3.19. The molecule has 0 radical (unpaired) electrons. The van der Waals surface area contributed by atoms with Crippen molar-refractivity contribution in [2.24, 2.45) is 0 Å². The Balaban J connectivity index is 2.05. The highest BCUT2D eigenvalue weighted by Gasteiger charge is 2.32. The fourth-order valence-corrected chi connectivity index (χ4v) is 4.87. The summed E-state index contributed by atoms with van der Waals surface area (Å²) in [5.74, 6) is -1.16. The summed E-state index contributed by atoms with van der Waals surface area (Å²) in [6.07, 6.45) is 0. The van der Waals surface area contributed by atoms with Crippen LogP contribution >= 0.6 is 23.2 Å². The fraction of sp³-hybridized carbons (Fsp3) is 0.278. The Morgan fingerprint density at radius 2 is 1.83 bits per heavy atom. The first-order valence-electron chi connectivity index (χ1n) is 8.58. The molecular weight excluding hydrogens is 440 g/mol. The van der Waals surface area contributed by atoms with Crippen LogP contribution in [0.5, 0.6) is 0 Å². The summed E-state index contributed by atoms with van der Waals surface area (Å²) in [6, 6.07) is 5.99. The summed E-state index contributed by atoms with van der Waals surface area (Å²) >= 11 is 12.1. The van der Waals surface area contributed by atoms with Gasteiger partial charge in [0.1, 0.15) is 5.82 Å². The zero-order chi connectivity index (χ0) is 21.3. The fourth-order valence-electron chi connectivity index (χ4n) is 3.09. The lowest BCUT2D eigenvalue weighted by Crippen LogP contribution is -2.33. The molecule has 2 aromatic carbocycles.